The second-order valence-electron chi connectivity index (χ2n) is 7.39. The largest absolute Gasteiger partial charge is 0.489 e. The summed E-state index contributed by atoms with van der Waals surface area (Å²) in [6.07, 6.45) is 8.08. The van der Waals surface area contributed by atoms with E-state index < -0.39 is 0 Å². The Morgan fingerprint density at radius 1 is 1.12 bits per heavy atom. The summed E-state index contributed by atoms with van der Waals surface area (Å²) in [4.78, 5) is 17.2. The number of benzene rings is 1. The second kappa shape index (κ2) is 9.42. The summed E-state index contributed by atoms with van der Waals surface area (Å²) in [5.41, 5.74) is 2.69. The van der Waals surface area contributed by atoms with Crippen molar-refractivity contribution < 1.29 is 9.47 Å². The van der Waals surface area contributed by atoms with Gasteiger partial charge in [-0.3, -0.25) is 0 Å². The van der Waals surface area contributed by atoms with Gasteiger partial charge in [0.15, 0.2) is 5.82 Å². The molecule has 3 aromatic heterocycles. The fourth-order valence-corrected chi connectivity index (χ4v) is 3.48. The predicted octanol–water partition coefficient (Wildman–Crippen LogP) is 3.29. The molecule has 0 amide bonds. The Morgan fingerprint density at radius 2 is 2.03 bits per heavy atom. The zero-order chi connectivity index (χ0) is 22.5. The number of nitriles is 1. The number of rotatable bonds is 6. The van der Waals surface area contributed by atoms with E-state index in [0.717, 1.165) is 24.1 Å². The Morgan fingerprint density at radius 3 is 2.79 bits per heavy atom. The van der Waals surface area contributed by atoms with Crippen LogP contribution in [0.4, 0.5) is 11.6 Å². The molecular weight excluding hydrogens is 420 g/mol. The first-order valence-electron chi connectivity index (χ1n) is 10.5. The quantitative estimate of drug-likeness (QED) is 0.481. The highest BCUT2D eigenvalue weighted by Crippen LogP contribution is 2.28. The van der Waals surface area contributed by atoms with E-state index in [2.05, 4.69) is 36.4 Å². The lowest BCUT2D eigenvalue weighted by Gasteiger charge is -2.23. The van der Waals surface area contributed by atoms with E-state index in [-0.39, 0.29) is 6.10 Å². The normalized spacial score (nSPS) is 13.9. The molecule has 4 heterocycles. The molecule has 0 bridgehead atoms. The minimum absolute atomic E-state index is 0.0658. The Balaban J connectivity index is 1.32. The molecule has 0 aliphatic carbocycles. The SMILES string of the molecule is N#Cc1cc(-c2ccnc(Nc3ccc(-n4cncn4)nc3)n2)ccc1OC1CCOCC1. The molecule has 10 heteroatoms. The van der Waals surface area contributed by atoms with Crippen molar-refractivity contribution in [1.82, 2.24) is 29.7 Å². The summed E-state index contributed by atoms with van der Waals surface area (Å²) in [7, 11) is 0. The molecule has 5 rings (SSSR count). The van der Waals surface area contributed by atoms with Gasteiger partial charge < -0.3 is 14.8 Å². The Kier molecular flexibility index (Phi) is 5.86. The van der Waals surface area contributed by atoms with Crippen LogP contribution < -0.4 is 10.1 Å². The van der Waals surface area contributed by atoms with Crippen molar-refractivity contribution >= 4 is 11.6 Å². The maximum absolute atomic E-state index is 9.64. The zero-order valence-corrected chi connectivity index (χ0v) is 17.6. The van der Waals surface area contributed by atoms with Crippen molar-refractivity contribution in [2.75, 3.05) is 18.5 Å². The fourth-order valence-electron chi connectivity index (χ4n) is 3.48. The monoisotopic (exact) mass is 440 g/mol. The molecule has 164 valence electrons. The van der Waals surface area contributed by atoms with Crippen LogP contribution in [0, 0.1) is 11.3 Å². The number of anilines is 2. The summed E-state index contributed by atoms with van der Waals surface area (Å²) >= 11 is 0. The van der Waals surface area contributed by atoms with Gasteiger partial charge in [0, 0.05) is 24.6 Å². The average Bonchev–Trinajstić information content (AvgIpc) is 3.41. The lowest BCUT2D eigenvalue weighted by molar-refractivity contribution is 0.0254. The van der Waals surface area contributed by atoms with Crippen LogP contribution >= 0.6 is 0 Å². The Bertz CT molecular complexity index is 1260. The third-order valence-electron chi connectivity index (χ3n) is 5.17. The maximum Gasteiger partial charge on any atom is 0.227 e. The summed E-state index contributed by atoms with van der Waals surface area (Å²) in [6.45, 7) is 1.36. The van der Waals surface area contributed by atoms with Crippen molar-refractivity contribution in [2.24, 2.45) is 0 Å². The van der Waals surface area contributed by atoms with E-state index in [0.29, 0.717) is 42.0 Å². The van der Waals surface area contributed by atoms with Crippen molar-refractivity contribution in [3.63, 3.8) is 0 Å². The van der Waals surface area contributed by atoms with Crippen molar-refractivity contribution in [3.8, 4) is 28.9 Å². The van der Waals surface area contributed by atoms with Crippen LogP contribution in [0.5, 0.6) is 5.75 Å². The average molecular weight is 440 g/mol. The molecule has 0 radical (unpaired) electrons. The Labute approximate surface area is 189 Å². The highest BCUT2D eigenvalue weighted by molar-refractivity contribution is 5.65. The van der Waals surface area contributed by atoms with Gasteiger partial charge in [0.05, 0.1) is 36.4 Å². The molecule has 0 unspecified atom stereocenters. The van der Waals surface area contributed by atoms with Gasteiger partial charge in [-0.1, -0.05) is 0 Å². The lowest BCUT2D eigenvalue weighted by Crippen LogP contribution is -2.26. The number of nitrogens with one attached hydrogen (secondary N) is 1. The minimum atomic E-state index is 0.0658. The molecule has 1 aliphatic rings. The first-order chi connectivity index (χ1) is 16.3. The first-order valence-corrected chi connectivity index (χ1v) is 10.5. The van der Waals surface area contributed by atoms with Crippen LogP contribution in [-0.4, -0.2) is 49.0 Å². The number of ether oxygens (including phenoxy) is 2. The number of hydrogen-bond donors (Lipinski definition) is 1. The van der Waals surface area contributed by atoms with Crippen LogP contribution in [-0.2, 0) is 4.74 Å². The summed E-state index contributed by atoms with van der Waals surface area (Å²) in [5, 5.41) is 16.9. The highest BCUT2D eigenvalue weighted by atomic mass is 16.5. The number of pyridine rings is 1. The molecule has 33 heavy (non-hydrogen) atoms. The molecule has 10 nitrogen and oxygen atoms in total. The Hall–Kier alpha value is -4.36. The van der Waals surface area contributed by atoms with E-state index >= 15 is 0 Å². The van der Waals surface area contributed by atoms with Crippen molar-refractivity contribution in [2.45, 2.75) is 18.9 Å². The number of aromatic nitrogens is 6. The van der Waals surface area contributed by atoms with Gasteiger partial charge >= 0.3 is 0 Å². The fraction of sp³-hybridized carbons (Fsp3) is 0.217. The van der Waals surface area contributed by atoms with E-state index in [9.17, 15) is 5.26 Å². The number of hydrogen-bond acceptors (Lipinski definition) is 9. The van der Waals surface area contributed by atoms with E-state index in [1.807, 2.05) is 24.3 Å². The van der Waals surface area contributed by atoms with Crippen LogP contribution in [0.25, 0.3) is 17.1 Å². The predicted molar refractivity (Wildman–Crippen MR) is 119 cm³/mol. The van der Waals surface area contributed by atoms with Gasteiger partial charge in [-0.25, -0.2) is 24.6 Å². The molecule has 1 fully saturated rings. The summed E-state index contributed by atoms with van der Waals surface area (Å²) < 4.78 is 13.0. The van der Waals surface area contributed by atoms with Gasteiger partial charge in [0.1, 0.15) is 30.6 Å². The molecule has 0 saturated carbocycles. The van der Waals surface area contributed by atoms with Gasteiger partial charge in [-0.15, -0.1) is 0 Å². The third kappa shape index (κ3) is 4.78. The van der Waals surface area contributed by atoms with Crippen LogP contribution in [0.2, 0.25) is 0 Å². The smallest absolute Gasteiger partial charge is 0.227 e. The van der Waals surface area contributed by atoms with Gasteiger partial charge in [0.2, 0.25) is 5.95 Å². The second-order valence-corrected chi connectivity index (χ2v) is 7.39. The molecule has 1 aliphatic heterocycles. The minimum Gasteiger partial charge on any atom is -0.489 e. The molecule has 0 atom stereocenters. The molecule has 0 spiro atoms. The van der Waals surface area contributed by atoms with Gasteiger partial charge in [-0.05, 0) is 36.4 Å². The van der Waals surface area contributed by atoms with E-state index in [1.165, 1.54) is 6.33 Å². The van der Waals surface area contributed by atoms with Gasteiger partial charge in [-0.2, -0.15) is 10.4 Å². The molecule has 4 aromatic rings. The molecule has 1 saturated heterocycles. The molecular formula is C23H20N8O2. The van der Waals surface area contributed by atoms with Gasteiger partial charge in [0.25, 0.3) is 0 Å². The topological polar surface area (TPSA) is 124 Å². The van der Waals surface area contributed by atoms with E-state index in [4.69, 9.17) is 9.47 Å². The zero-order valence-electron chi connectivity index (χ0n) is 17.6. The summed E-state index contributed by atoms with van der Waals surface area (Å²) in [6, 6.07) is 13.2. The molecule has 1 aromatic carbocycles. The molecule has 1 N–H and O–H groups in total. The first kappa shape index (κ1) is 20.5. The standard InChI is InChI=1S/C23H20N8O2/c24-12-17-11-16(1-3-21(17)33-19-6-9-32-10-7-19)20-5-8-26-23(30-20)29-18-2-4-22(27-13-18)31-15-25-14-28-31/h1-5,8,11,13-15,19H,6-7,9-10H2,(H,26,29,30). The summed E-state index contributed by atoms with van der Waals surface area (Å²) in [5.74, 6) is 1.66. The third-order valence-corrected chi connectivity index (χ3v) is 5.17. The lowest BCUT2D eigenvalue weighted by atomic mass is 10.1. The van der Waals surface area contributed by atoms with Crippen LogP contribution in [0.1, 0.15) is 18.4 Å². The number of nitrogens with zero attached hydrogens (tertiary/aromatic N) is 7. The van der Waals surface area contributed by atoms with Crippen LogP contribution in [0.15, 0.2) is 61.4 Å². The van der Waals surface area contributed by atoms with Crippen molar-refractivity contribution in [1.29, 1.82) is 5.26 Å². The highest BCUT2D eigenvalue weighted by Gasteiger charge is 2.17. The maximum atomic E-state index is 9.64. The van der Waals surface area contributed by atoms with Crippen LogP contribution in [0.3, 0.4) is 0 Å². The van der Waals surface area contributed by atoms with E-state index in [1.54, 1.807) is 35.5 Å². The van der Waals surface area contributed by atoms with Crippen molar-refractivity contribution in [3.05, 3.63) is 67.0 Å².